The number of amides is 1. The van der Waals surface area contributed by atoms with Gasteiger partial charge >= 0.3 is 5.97 Å². The first kappa shape index (κ1) is 35.0. The summed E-state index contributed by atoms with van der Waals surface area (Å²) in [6.07, 6.45) is 7.04. The molecule has 0 aliphatic carbocycles. The molecule has 8 nitrogen and oxygen atoms in total. The van der Waals surface area contributed by atoms with Gasteiger partial charge in [-0.05, 0) is 68.5 Å². The number of rotatable bonds is 11. The lowest BCUT2D eigenvalue weighted by molar-refractivity contribution is -0.141. The van der Waals surface area contributed by atoms with Crippen LogP contribution in [0.25, 0.3) is 0 Å². The summed E-state index contributed by atoms with van der Waals surface area (Å²) < 4.78 is 36.6. The minimum Gasteiger partial charge on any atom is -0.494 e. The largest absolute Gasteiger partial charge is 0.494 e. The van der Waals surface area contributed by atoms with Crippen molar-refractivity contribution in [1.82, 2.24) is 4.90 Å². The predicted molar refractivity (Wildman–Crippen MR) is 165 cm³/mol. The van der Waals surface area contributed by atoms with E-state index in [4.69, 9.17) is 30.4 Å². The number of carbonyl (C=O) groups excluding carboxylic acids is 2. The van der Waals surface area contributed by atoms with Crippen molar-refractivity contribution in [2.75, 3.05) is 25.5 Å². The number of ether oxygens (including phenoxy) is 3. The van der Waals surface area contributed by atoms with Crippen molar-refractivity contribution in [3.63, 3.8) is 0 Å². The standard InChI is InChI=1S/C28H32ClNO7S.C3H4.CH4/c1-19-27(28(32)37-18-20-5-11-23(12-6-20)35-14-3-15-38(33)34)25(21-7-9-22(29)10-8-21)16-26(31)30(19)17-24-4-2-13-36-24;1-3-2;/h5-12,24-25H,2-4,13-18H2,1H3,(H,33,34);1H,2H3;1H4. The highest BCUT2D eigenvalue weighted by Crippen LogP contribution is 2.38. The molecule has 2 aliphatic rings. The lowest BCUT2D eigenvalue weighted by Crippen LogP contribution is -2.42. The Bertz CT molecular complexity index is 1270. The fourth-order valence-corrected chi connectivity index (χ4v) is 5.24. The number of esters is 1. The van der Waals surface area contributed by atoms with Crippen LogP contribution in [0.4, 0.5) is 0 Å². The maximum Gasteiger partial charge on any atom is 0.336 e. The van der Waals surface area contributed by atoms with Crippen LogP contribution in [0.2, 0.25) is 5.02 Å². The highest BCUT2D eigenvalue weighted by atomic mass is 35.5. The van der Waals surface area contributed by atoms with Crippen LogP contribution in [0.15, 0.2) is 59.8 Å². The number of terminal acetylenes is 1. The fourth-order valence-electron chi connectivity index (χ4n) is 4.75. The monoisotopic (exact) mass is 617 g/mol. The van der Waals surface area contributed by atoms with Crippen molar-refractivity contribution >= 4 is 34.6 Å². The van der Waals surface area contributed by atoms with Crippen LogP contribution in [-0.2, 0) is 36.8 Å². The molecule has 3 unspecified atom stereocenters. The molecule has 4 rings (SSSR count). The molecule has 2 aliphatic heterocycles. The van der Waals surface area contributed by atoms with Gasteiger partial charge in [0.2, 0.25) is 5.91 Å². The van der Waals surface area contributed by atoms with Crippen molar-refractivity contribution in [2.24, 2.45) is 0 Å². The summed E-state index contributed by atoms with van der Waals surface area (Å²) in [6.45, 7) is 4.95. The van der Waals surface area contributed by atoms with E-state index in [9.17, 15) is 13.8 Å². The second kappa shape index (κ2) is 17.7. The van der Waals surface area contributed by atoms with Gasteiger partial charge in [-0.15, -0.1) is 12.3 Å². The smallest absolute Gasteiger partial charge is 0.336 e. The quantitative estimate of drug-likeness (QED) is 0.140. The summed E-state index contributed by atoms with van der Waals surface area (Å²) in [7, 11) is 0. The molecule has 1 fully saturated rings. The van der Waals surface area contributed by atoms with E-state index in [2.05, 4.69) is 12.3 Å². The van der Waals surface area contributed by atoms with E-state index in [0.29, 0.717) is 48.2 Å². The Morgan fingerprint density at radius 1 is 1.21 bits per heavy atom. The first-order chi connectivity index (χ1) is 19.7. The first-order valence-electron chi connectivity index (χ1n) is 13.4. The number of hydrogen-bond donors (Lipinski definition) is 1. The van der Waals surface area contributed by atoms with Crippen LogP contribution >= 0.6 is 11.6 Å². The summed E-state index contributed by atoms with van der Waals surface area (Å²) >= 11 is 4.25. The van der Waals surface area contributed by atoms with Gasteiger partial charge in [0.15, 0.2) is 11.1 Å². The first-order valence-corrected chi connectivity index (χ1v) is 15.1. The van der Waals surface area contributed by atoms with E-state index >= 15 is 0 Å². The molecule has 228 valence electrons. The van der Waals surface area contributed by atoms with Crippen LogP contribution in [0, 0.1) is 12.3 Å². The summed E-state index contributed by atoms with van der Waals surface area (Å²) in [6, 6.07) is 14.3. The third-order valence-corrected chi connectivity index (χ3v) is 7.64. The van der Waals surface area contributed by atoms with Crippen molar-refractivity contribution in [1.29, 1.82) is 0 Å². The molecule has 0 aromatic heterocycles. The maximum absolute atomic E-state index is 13.5. The summed E-state index contributed by atoms with van der Waals surface area (Å²) in [5.74, 6) is 2.09. The maximum atomic E-state index is 13.5. The molecule has 0 spiro atoms. The molecule has 42 heavy (non-hydrogen) atoms. The summed E-state index contributed by atoms with van der Waals surface area (Å²) in [4.78, 5) is 28.3. The molecule has 2 aromatic rings. The lowest BCUT2D eigenvalue weighted by Gasteiger charge is -2.35. The van der Waals surface area contributed by atoms with Gasteiger partial charge in [-0.2, -0.15) is 0 Å². The molecule has 1 N–H and O–H groups in total. The molecule has 2 heterocycles. The molecule has 0 radical (unpaired) electrons. The van der Waals surface area contributed by atoms with E-state index in [0.717, 1.165) is 24.0 Å². The third-order valence-electron chi connectivity index (χ3n) is 6.75. The predicted octanol–water partition coefficient (Wildman–Crippen LogP) is 6.12. The molecule has 1 saturated heterocycles. The normalized spacial score (nSPS) is 18.7. The highest BCUT2D eigenvalue weighted by Gasteiger charge is 2.38. The molecule has 2 aromatic carbocycles. The highest BCUT2D eigenvalue weighted by molar-refractivity contribution is 7.79. The van der Waals surface area contributed by atoms with Crippen molar-refractivity contribution in [2.45, 2.75) is 65.6 Å². The van der Waals surface area contributed by atoms with Gasteiger partial charge < -0.3 is 23.7 Å². The van der Waals surface area contributed by atoms with Crippen LogP contribution in [0.3, 0.4) is 0 Å². The van der Waals surface area contributed by atoms with E-state index in [1.54, 1.807) is 55.1 Å². The number of allylic oxidation sites excluding steroid dienone is 1. The van der Waals surface area contributed by atoms with E-state index in [-0.39, 0.29) is 38.2 Å². The van der Waals surface area contributed by atoms with Crippen LogP contribution in [0.5, 0.6) is 5.75 Å². The van der Waals surface area contributed by atoms with Gasteiger partial charge in [-0.1, -0.05) is 43.3 Å². The van der Waals surface area contributed by atoms with E-state index in [1.165, 1.54) is 0 Å². The van der Waals surface area contributed by atoms with Crippen molar-refractivity contribution in [3.05, 3.63) is 76.0 Å². The van der Waals surface area contributed by atoms with Crippen LogP contribution < -0.4 is 4.74 Å². The van der Waals surface area contributed by atoms with Crippen molar-refractivity contribution in [3.8, 4) is 18.1 Å². The van der Waals surface area contributed by atoms with Gasteiger partial charge in [0.05, 0.1) is 30.6 Å². The zero-order chi connectivity index (χ0) is 29.8. The average Bonchev–Trinajstić information content (AvgIpc) is 3.47. The minimum absolute atomic E-state index is 0. The van der Waals surface area contributed by atoms with Crippen molar-refractivity contribution < 1.29 is 32.6 Å². The second-order valence-electron chi connectivity index (χ2n) is 9.68. The molecule has 3 atom stereocenters. The van der Waals surface area contributed by atoms with Gasteiger partial charge in [0.25, 0.3) is 0 Å². The lowest BCUT2D eigenvalue weighted by atomic mass is 9.83. The fraction of sp³-hybridized carbons (Fsp3) is 0.438. The van der Waals surface area contributed by atoms with Gasteiger partial charge in [0, 0.05) is 29.7 Å². The Balaban J connectivity index is 0.00000148. The molecule has 0 bridgehead atoms. The topological polar surface area (TPSA) is 102 Å². The Kier molecular flexibility index (Phi) is 14.8. The minimum atomic E-state index is -1.83. The molecule has 0 saturated carbocycles. The number of benzene rings is 2. The number of halogens is 1. The van der Waals surface area contributed by atoms with E-state index < -0.39 is 23.0 Å². The molecule has 1 amide bonds. The molecular weight excluding hydrogens is 578 g/mol. The Morgan fingerprint density at radius 2 is 1.88 bits per heavy atom. The molecular formula is C32H40ClNO7S. The third kappa shape index (κ3) is 10.3. The second-order valence-corrected chi connectivity index (χ2v) is 11.2. The zero-order valence-corrected chi connectivity index (χ0v) is 24.9. The Labute approximate surface area is 256 Å². The number of carbonyl (C=O) groups is 2. The van der Waals surface area contributed by atoms with Gasteiger partial charge in [-0.3, -0.25) is 4.79 Å². The number of nitrogens with zero attached hydrogens (tertiary/aromatic N) is 1. The SMILES string of the molecule is C.C#CC.CC1=C(C(=O)OCc2ccc(OCCCS(=O)O)cc2)C(c2ccc(Cl)cc2)CC(=O)N1CC1CCCO1. The Morgan fingerprint density at radius 3 is 2.48 bits per heavy atom. The number of hydrogen-bond acceptors (Lipinski definition) is 6. The Hall–Kier alpha value is -3.16. The summed E-state index contributed by atoms with van der Waals surface area (Å²) in [5, 5.41) is 0.580. The van der Waals surface area contributed by atoms with Gasteiger partial charge in [0.1, 0.15) is 12.4 Å². The van der Waals surface area contributed by atoms with E-state index in [1.807, 2.05) is 12.1 Å². The molecule has 10 heteroatoms. The van der Waals surface area contributed by atoms with Crippen LogP contribution in [0.1, 0.15) is 64.0 Å². The summed E-state index contributed by atoms with van der Waals surface area (Å²) in [5.41, 5.74) is 2.67. The zero-order valence-electron chi connectivity index (χ0n) is 23.3. The van der Waals surface area contributed by atoms with Gasteiger partial charge in [-0.25, -0.2) is 9.00 Å². The van der Waals surface area contributed by atoms with Crippen LogP contribution in [-0.4, -0.2) is 57.2 Å². The average molecular weight is 618 g/mol.